The second-order valence-corrected chi connectivity index (χ2v) is 9.23. The second-order valence-electron chi connectivity index (χ2n) is 8.14. The van der Waals surface area contributed by atoms with Gasteiger partial charge in [0.1, 0.15) is 5.60 Å². The van der Waals surface area contributed by atoms with Crippen LogP contribution in [0, 0.1) is 0 Å². The first-order valence-electron chi connectivity index (χ1n) is 9.72. The number of hydrogen-bond acceptors (Lipinski definition) is 6. The zero-order chi connectivity index (χ0) is 21.9. The van der Waals surface area contributed by atoms with Crippen LogP contribution in [0.3, 0.4) is 0 Å². The first-order chi connectivity index (χ1) is 14.1. The first-order valence-corrected chi connectivity index (χ1v) is 10.5. The first kappa shape index (κ1) is 21.8. The molecule has 1 aliphatic rings. The van der Waals surface area contributed by atoms with Gasteiger partial charge >= 0.3 is 6.09 Å². The zero-order valence-corrected chi connectivity index (χ0v) is 18.4. The molecule has 0 spiro atoms. The third kappa shape index (κ3) is 6.03. The highest BCUT2D eigenvalue weighted by Gasteiger charge is 2.28. The van der Waals surface area contributed by atoms with E-state index in [4.69, 9.17) is 4.74 Å². The maximum absolute atomic E-state index is 12.4. The van der Waals surface area contributed by atoms with Gasteiger partial charge in [0.05, 0.1) is 18.7 Å². The van der Waals surface area contributed by atoms with Crippen LogP contribution in [0.5, 0.6) is 0 Å². The third-order valence-electron chi connectivity index (χ3n) is 4.27. The fourth-order valence-corrected chi connectivity index (χ4v) is 4.03. The standard InChI is InChI=1S/C21H26N4O4S/c1-13(26)22-15-7-5-14(6-8-15)11-18(27)24-19-23-16-9-10-25(12-17(16)30-19)20(28)29-21(2,3)4/h5-8H,9-12H2,1-4H3,(H,22,26)(H,23,24,27). The van der Waals surface area contributed by atoms with E-state index < -0.39 is 5.60 Å². The highest BCUT2D eigenvalue weighted by Crippen LogP contribution is 2.29. The number of nitrogens with one attached hydrogen (secondary N) is 2. The molecule has 0 saturated carbocycles. The maximum Gasteiger partial charge on any atom is 0.410 e. The van der Waals surface area contributed by atoms with Crippen molar-refractivity contribution in [2.24, 2.45) is 0 Å². The number of anilines is 2. The van der Waals surface area contributed by atoms with Crippen molar-refractivity contribution in [3.63, 3.8) is 0 Å². The Balaban J connectivity index is 1.57. The second kappa shape index (κ2) is 8.83. The Morgan fingerprint density at radius 3 is 2.50 bits per heavy atom. The summed E-state index contributed by atoms with van der Waals surface area (Å²) < 4.78 is 5.44. The zero-order valence-electron chi connectivity index (χ0n) is 17.6. The fourth-order valence-electron chi connectivity index (χ4n) is 2.99. The van der Waals surface area contributed by atoms with Gasteiger partial charge in [0.2, 0.25) is 11.8 Å². The molecule has 3 amide bonds. The molecule has 2 N–H and O–H groups in total. The van der Waals surface area contributed by atoms with Gasteiger partial charge in [0.15, 0.2) is 5.13 Å². The molecule has 9 heteroatoms. The molecular weight excluding hydrogens is 404 g/mol. The van der Waals surface area contributed by atoms with Crippen LogP contribution >= 0.6 is 11.3 Å². The molecule has 3 rings (SSSR count). The number of aromatic nitrogens is 1. The summed E-state index contributed by atoms with van der Waals surface area (Å²) >= 11 is 1.38. The molecule has 0 unspecified atom stereocenters. The molecule has 0 fully saturated rings. The van der Waals surface area contributed by atoms with Gasteiger partial charge in [-0.2, -0.15) is 0 Å². The van der Waals surface area contributed by atoms with Crippen LogP contribution in [-0.4, -0.2) is 39.9 Å². The fraction of sp³-hybridized carbons (Fsp3) is 0.429. The van der Waals surface area contributed by atoms with E-state index in [0.717, 1.165) is 16.1 Å². The number of carbonyl (C=O) groups excluding carboxylic acids is 3. The average molecular weight is 431 g/mol. The lowest BCUT2D eigenvalue weighted by Gasteiger charge is -2.29. The number of rotatable bonds is 4. The number of benzene rings is 1. The van der Waals surface area contributed by atoms with Gasteiger partial charge in [-0.1, -0.05) is 23.5 Å². The summed E-state index contributed by atoms with van der Waals surface area (Å²) in [4.78, 5) is 42.9. The predicted octanol–water partition coefficient (Wildman–Crippen LogP) is 3.58. The SMILES string of the molecule is CC(=O)Nc1ccc(CC(=O)Nc2nc3c(s2)CN(C(=O)OC(C)(C)C)CC3)cc1. The molecule has 1 aliphatic heterocycles. The monoisotopic (exact) mass is 430 g/mol. The van der Waals surface area contributed by atoms with Gasteiger partial charge in [0.25, 0.3) is 0 Å². The largest absolute Gasteiger partial charge is 0.444 e. The average Bonchev–Trinajstić information content (AvgIpc) is 3.02. The number of ether oxygens (including phenoxy) is 1. The topological polar surface area (TPSA) is 101 Å². The molecule has 30 heavy (non-hydrogen) atoms. The van der Waals surface area contributed by atoms with Gasteiger partial charge in [-0.05, 0) is 38.5 Å². The van der Waals surface area contributed by atoms with Crippen molar-refractivity contribution in [1.29, 1.82) is 0 Å². The lowest BCUT2D eigenvalue weighted by molar-refractivity contribution is -0.116. The van der Waals surface area contributed by atoms with Gasteiger partial charge in [-0.15, -0.1) is 0 Å². The van der Waals surface area contributed by atoms with E-state index in [1.807, 2.05) is 20.8 Å². The Bertz CT molecular complexity index is 947. The number of amides is 3. The van der Waals surface area contributed by atoms with Gasteiger partial charge in [0, 0.05) is 30.5 Å². The highest BCUT2D eigenvalue weighted by atomic mass is 32.1. The van der Waals surface area contributed by atoms with E-state index >= 15 is 0 Å². The number of fused-ring (bicyclic) bond motifs is 1. The molecule has 0 saturated heterocycles. The van der Waals surface area contributed by atoms with Crippen LogP contribution in [0.4, 0.5) is 15.6 Å². The van der Waals surface area contributed by atoms with E-state index in [0.29, 0.717) is 30.3 Å². The summed E-state index contributed by atoms with van der Waals surface area (Å²) in [6.45, 7) is 7.94. The van der Waals surface area contributed by atoms with Crippen molar-refractivity contribution < 1.29 is 19.1 Å². The summed E-state index contributed by atoms with van der Waals surface area (Å²) in [7, 11) is 0. The van der Waals surface area contributed by atoms with Crippen LogP contribution in [0.1, 0.15) is 43.8 Å². The van der Waals surface area contributed by atoms with Crippen LogP contribution < -0.4 is 10.6 Å². The Kier molecular flexibility index (Phi) is 6.40. The van der Waals surface area contributed by atoms with E-state index in [1.165, 1.54) is 18.3 Å². The lowest BCUT2D eigenvalue weighted by Crippen LogP contribution is -2.39. The molecule has 2 aromatic rings. The Labute approximate surface area is 179 Å². The summed E-state index contributed by atoms with van der Waals surface area (Å²) in [5, 5.41) is 6.07. The number of carbonyl (C=O) groups is 3. The van der Waals surface area contributed by atoms with Gasteiger partial charge in [-0.3, -0.25) is 9.59 Å². The summed E-state index contributed by atoms with van der Waals surface area (Å²) in [5.74, 6) is -0.309. The normalized spacial score (nSPS) is 13.4. The van der Waals surface area contributed by atoms with Crippen LogP contribution in [0.25, 0.3) is 0 Å². The van der Waals surface area contributed by atoms with Crippen LogP contribution in [0.2, 0.25) is 0 Å². The number of thiazole rings is 1. The molecule has 160 valence electrons. The Hall–Kier alpha value is -2.94. The number of hydrogen-bond donors (Lipinski definition) is 2. The third-order valence-corrected chi connectivity index (χ3v) is 5.27. The van der Waals surface area contributed by atoms with Crippen molar-refractivity contribution in [3.8, 4) is 0 Å². The van der Waals surface area contributed by atoms with E-state index in [1.54, 1.807) is 29.2 Å². The molecule has 0 atom stereocenters. The van der Waals surface area contributed by atoms with Crippen LogP contribution in [-0.2, 0) is 33.7 Å². The molecule has 8 nitrogen and oxygen atoms in total. The minimum absolute atomic E-state index is 0.140. The summed E-state index contributed by atoms with van der Waals surface area (Å²) in [6, 6.07) is 7.13. The summed E-state index contributed by atoms with van der Waals surface area (Å²) in [6.07, 6.45) is 0.495. The summed E-state index contributed by atoms with van der Waals surface area (Å²) in [5.41, 5.74) is 1.90. The predicted molar refractivity (Wildman–Crippen MR) is 116 cm³/mol. The van der Waals surface area contributed by atoms with E-state index in [-0.39, 0.29) is 24.3 Å². The molecule has 1 aromatic heterocycles. The molecule has 0 bridgehead atoms. The lowest BCUT2D eigenvalue weighted by atomic mass is 10.1. The molecule has 0 radical (unpaired) electrons. The highest BCUT2D eigenvalue weighted by molar-refractivity contribution is 7.15. The maximum atomic E-state index is 12.4. The quantitative estimate of drug-likeness (QED) is 0.772. The van der Waals surface area contributed by atoms with E-state index in [9.17, 15) is 14.4 Å². The minimum Gasteiger partial charge on any atom is -0.444 e. The molecule has 2 heterocycles. The van der Waals surface area contributed by atoms with Crippen molar-refractivity contribution in [3.05, 3.63) is 40.4 Å². The van der Waals surface area contributed by atoms with Gasteiger partial charge < -0.3 is 20.3 Å². The number of nitrogens with zero attached hydrogens (tertiary/aromatic N) is 2. The molecular formula is C21H26N4O4S. The minimum atomic E-state index is -0.537. The molecule has 1 aromatic carbocycles. The van der Waals surface area contributed by atoms with Crippen LogP contribution in [0.15, 0.2) is 24.3 Å². The smallest absolute Gasteiger partial charge is 0.410 e. The van der Waals surface area contributed by atoms with Gasteiger partial charge in [-0.25, -0.2) is 9.78 Å². The van der Waals surface area contributed by atoms with Crippen molar-refractivity contribution in [2.45, 2.75) is 52.7 Å². The molecule has 0 aliphatic carbocycles. The van der Waals surface area contributed by atoms with Crippen molar-refractivity contribution >= 4 is 40.1 Å². The van der Waals surface area contributed by atoms with Crippen molar-refractivity contribution in [1.82, 2.24) is 9.88 Å². The Morgan fingerprint density at radius 2 is 1.87 bits per heavy atom. The van der Waals surface area contributed by atoms with E-state index in [2.05, 4.69) is 15.6 Å². The Morgan fingerprint density at radius 1 is 1.17 bits per heavy atom. The van der Waals surface area contributed by atoms with Crippen molar-refractivity contribution in [2.75, 3.05) is 17.2 Å².